The number of aromatic nitrogens is 1. The van der Waals surface area contributed by atoms with Gasteiger partial charge in [0.25, 0.3) is 0 Å². The first-order valence-electron chi connectivity index (χ1n) is 1.88. The number of aromatic amines is 1. The van der Waals surface area contributed by atoms with E-state index in [-0.39, 0.29) is 0 Å². The van der Waals surface area contributed by atoms with Crippen molar-refractivity contribution in [2.75, 3.05) is 5.73 Å². The maximum absolute atomic E-state index is 5.47. The maximum atomic E-state index is 5.47. The second kappa shape index (κ2) is 1.46. The summed E-state index contributed by atoms with van der Waals surface area (Å²) in [6, 6.07) is 0. The number of nitrogens with one attached hydrogen (secondary N) is 1. The van der Waals surface area contributed by atoms with Crippen LogP contribution in [0.15, 0.2) is 12.4 Å². The number of H-pyrrole nitrogens is 1. The van der Waals surface area contributed by atoms with Crippen LogP contribution in [0, 0.1) is 0 Å². The van der Waals surface area contributed by atoms with Gasteiger partial charge in [0.2, 0.25) is 0 Å². The number of anilines is 1. The van der Waals surface area contributed by atoms with Gasteiger partial charge in [-0.15, -0.1) is 0 Å². The standard InChI is InChI=1S/C4H5ClN2/c5-3-1-7-2-4(3)6/h1-2,7H,6H2. The molecule has 0 aliphatic rings. The Kier molecular flexibility index (Phi) is 0.947. The van der Waals surface area contributed by atoms with E-state index >= 15 is 0 Å². The van der Waals surface area contributed by atoms with Crippen LogP contribution in [0.3, 0.4) is 0 Å². The lowest BCUT2D eigenvalue weighted by molar-refractivity contribution is 1.41. The molecule has 1 rings (SSSR count). The van der Waals surface area contributed by atoms with Crippen molar-refractivity contribution < 1.29 is 0 Å². The first-order chi connectivity index (χ1) is 3.30. The first-order valence-corrected chi connectivity index (χ1v) is 2.26. The number of nitrogen functional groups attached to an aromatic ring is 1. The average Bonchev–Trinajstić information content (AvgIpc) is 1.91. The minimum absolute atomic E-state index is 0.583. The lowest BCUT2D eigenvalue weighted by Gasteiger charge is -1.77. The summed E-state index contributed by atoms with van der Waals surface area (Å²) in [4.78, 5) is 2.74. The molecule has 1 aromatic rings. The van der Waals surface area contributed by atoms with Gasteiger partial charge in [-0.25, -0.2) is 0 Å². The predicted octanol–water partition coefficient (Wildman–Crippen LogP) is 1.25. The molecule has 3 heteroatoms. The number of hydrogen-bond donors (Lipinski definition) is 2. The fourth-order valence-corrected chi connectivity index (χ4v) is 0.474. The van der Waals surface area contributed by atoms with Crippen LogP contribution in [0.2, 0.25) is 5.02 Å². The van der Waals surface area contributed by atoms with Crippen molar-refractivity contribution in [1.82, 2.24) is 4.98 Å². The van der Waals surface area contributed by atoms with E-state index in [0.29, 0.717) is 10.7 Å². The highest BCUT2D eigenvalue weighted by Gasteiger charge is 1.89. The molecule has 0 saturated heterocycles. The van der Waals surface area contributed by atoms with Gasteiger partial charge in [0.1, 0.15) is 0 Å². The summed E-state index contributed by atoms with van der Waals surface area (Å²) in [6.07, 6.45) is 3.28. The van der Waals surface area contributed by atoms with Crippen molar-refractivity contribution in [2.45, 2.75) is 0 Å². The molecule has 1 heterocycles. The summed E-state index contributed by atoms with van der Waals surface area (Å²) >= 11 is 5.47. The Bertz CT molecular complexity index is 142. The normalized spacial score (nSPS) is 9.29. The highest BCUT2D eigenvalue weighted by molar-refractivity contribution is 6.32. The Morgan fingerprint density at radius 3 is 2.43 bits per heavy atom. The van der Waals surface area contributed by atoms with Gasteiger partial charge in [0, 0.05) is 12.4 Å². The van der Waals surface area contributed by atoms with Gasteiger partial charge < -0.3 is 10.7 Å². The van der Waals surface area contributed by atoms with Gasteiger partial charge in [0.05, 0.1) is 10.7 Å². The van der Waals surface area contributed by atoms with E-state index in [1.165, 1.54) is 0 Å². The molecular formula is C4H5ClN2. The highest BCUT2D eigenvalue weighted by atomic mass is 35.5. The molecule has 0 atom stereocenters. The molecule has 38 valence electrons. The van der Waals surface area contributed by atoms with Crippen LogP contribution in [0.1, 0.15) is 0 Å². The third kappa shape index (κ3) is 0.695. The Hall–Kier alpha value is -0.630. The van der Waals surface area contributed by atoms with E-state index in [0.717, 1.165) is 0 Å². The van der Waals surface area contributed by atoms with E-state index in [4.69, 9.17) is 17.3 Å². The summed E-state index contributed by atoms with van der Waals surface area (Å²) in [7, 11) is 0. The first kappa shape index (κ1) is 4.53. The average molecular weight is 117 g/mol. The largest absolute Gasteiger partial charge is 0.396 e. The molecule has 0 aliphatic carbocycles. The second-order valence-electron chi connectivity index (χ2n) is 1.26. The summed E-state index contributed by atoms with van der Waals surface area (Å²) in [5.41, 5.74) is 5.88. The van der Waals surface area contributed by atoms with Gasteiger partial charge in [0.15, 0.2) is 0 Å². The molecule has 0 fully saturated rings. The summed E-state index contributed by atoms with van der Waals surface area (Å²) in [5.74, 6) is 0. The molecule has 1 aromatic heterocycles. The molecule has 0 unspecified atom stereocenters. The fraction of sp³-hybridized carbons (Fsp3) is 0. The summed E-state index contributed by atoms with van der Waals surface area (Å²) in [6.45, 7) is 0. The van der Waals surface area contributed by atoms with Gasteiger partial charge >= 0.3 is 0 Å². The number of hydrogen-bond acceptors (Lipinski definition) is 1. The van der Waals surface area contributed by atoms with E-state index < -0.39 is 0 Å². The van der Waals surface area contributed by atoms with Crippen molar-refractivity contribution in [2.24, 2.45) is 0 Å². The Morgan fingerprint density at radius 1 is 1.57 bits per heavy atom. The Balaban J connectivity index is 3.12. The van der Waals surface area contributed by atoms with Crippen LogP contribution in [-0.4, -0.2) is 4.98 Å². The number of halogens is 1. The van der Waals surface area contributed by atoms with Crippen molar-refractivity contribution in [3.05, 3.63) is 17.4 Å². The highest BCUT2D eigenvalue weighted by Crippen LogP contribution is 2.14. The van der Waals surface area contributed by atoms with Crippen molar-refractivity contribution >= 4 is 17.3 Å². The van der Waals surface area contributed by atoms with Crippen LogP contribution in [0.4, 0.5) is 5.69 Å². The molecule has 2 nitrogen and oxygen atoms in total. The monoisotopic (exact) mass is 116 g/mol. The molecule has 0 aromatic carbocycles. The summed E-state index contributed by atoms with van der Waals surface area (Å²) < 4.78 is 0. The zero-order chi connectivity index (χ0) is 5.28. The van der Waals surface area contributed by atoms with E-state index in [2.05, 4.69) is 4.98 Å². The third-order valence-electron chi connectivity index (χ3n) is 0.725. The quantitative estimate of drug-likeness (QED) is 0.526. The van der Waals surface area contributed by atoms with Crippen molar-refractivity contribution in [1.29, 1.82) is 0 Å². The Labute approximate surface area is 46.3 Å². The molecule has 0 amide bonds. The predicted molar refractivity (Wildman–Crippen MR) is 30.2 cm³/mol. The van der Waals surface area contributed by atoms with Crippen molar-refractivity contribution in [3.63, 3.8) is 0 Å². The lowest BCUT2D eigenvalue weighted by atomic mass is 10.6. The van der Waals surface area contributed by atoms with E-state index in [1.807, 2.05) is 0 Å². The minimum Gasteiger partial charge on any atom is -0.396 e. The molecule has 0 saturated carbocycles. The van der Waals surface area contributed by atoms with Gasteiger partial charge in [-0.1, -0.05) is 11.6 Å². The van der Waals surface area contributed by atoms with Crippen LogP contribution in [-0.2, 0) is 0 Å². The fourth-order valence-electron chi connectivity index (χ4n) is 0.357. The topological polar surface area (TPSA) is 41.8 Å². The molecular weight excluding hydrogens is 112 g/mol. The number of nitrogens with two attached hydrogens (primary N) is 1. The molecule has 0 bridgehead atoms. The maximum Gasteiger partial charge on any atom is 0.0810 e. The van der Waals surface area contributed by atoms with Crippen LogP contribution < -0.4 is 5.73 Å². The number of rotatable bonds is 0. The lowest BCUT2D eigenvalue weighted by Crippen LogP contribution is -1.77. The smallest absolute Gasteiger partial charge is 0.0810 e. The molecule has 0 spiro atoms. The van der Waals surface area contributed by atoms with Crippen molar-refractivity contribution in [3.8, 4) is 0 Å². The SMILES string of the molecule is Nc1c[nH]cc1Cl. The van der Waals surface area contributed by atoms with Gasteiger partial charge in [-0.3, -0.25) is 0 Å². The van der Waals surface area contributed by atoms with Gasteiger partial charge in [-0.2, -0.15) is 0 Å². The zero-order valence-corrected chi connectivity index (χ0v) is 4.37. The minimum atomic E-state index is 0.583. The van der Waals surface area contributed by atoms with Crippen LogP contribution in [0.25, 0.3) is 0 Å². The summed E-state index contributed by atoms with van der Waals surface area (Å²) in [5, 5.41) is 0.583. The molecule has 3 N–H and O–H groups in total. The second-order valence-corrected chi connectivity index (χ2v) is 1.67. The zero-order valence-electron chi connectivity index (χ0n) is 3.61. The van der Waals surface area contributed by atoms with Crippen LogP contribution >= 0.6 is 11.6 Å². The van der Waals surface area contributed by atoms with Gasteiger partial charge in [-0.05, 0) is 0 Å². The van der Waals surface area contributed by atoms with E-state index in [1.54, 1.807) is 12.4 Å². The van der Waals surface area contributed by atoms with E-state index in [9.17, 15) is 0 Å². The Morgan fingerprint density at radius 2 is 2.29 bits per heavy atom. The molecule has 0 aliphatic heterocycles. The third-order valence-corrected chi connectivity index (χ3v) is 1.05. The van der Waals surface area contributed by atoms with Crippen LogP contribution in [0.5, 0.6) is 0 Å². The molecule has 7 heavy (non-hydrogen) atoms. The molecule has 0 radical (unpaired) electrons.